The second-order valence-electron chi connectivity index (χ2n) is 5.19. The minimum atomic E-state index is -3.83. The number of ether oxygens (including phenoxy) is 1. The summed E-state index contributed by atoms with van der Waals surface area (Å²) in [5.41, 5.74) is 0.445. The van der Waals surface area contributed by atoms with Gasteiger partial charge in [-0.05, 0) is 37.5 Å². The molecule has 1 aliphatic rings. The van der Waals surface area contributed by atoms with Crippen LogP contribution in [0.3, 0.4) is 0 Å². The molecular weight excluding hydrogens is 294 g/mol. The van der Waals surface area contributed by atoms with Gasteiger partial charge in [0.1, 0.15) is 0 Å². The lowest BCUT2D eigenvalue weighted by molar-refractivity contribution is -0.129. The van der Waals surface area contributed by atoms with Crippen LogP contribution in [-0.2, 0) is 19.7 Å². The third kappa shape index (κ3) is 4.42. The fourth-order valence-corrected chi connectivity index (χ4v) is 2.80. The fourth-order valence-electron chi connectivity index (χ4n) is 2.35. The molecular formula is C13H19N3O4S. The van der Waals surface area contributed by atoms with Crippen molar-refractivity contribution in [2.45, 2.75) is 31.3 Å². The van der Waals surface area contributed by atoms with Crippen LogP contribution in [0.4, 0.5) is 11.4 Å². The third-order valence-corrected chi connectivity index (χ3v) is 4.11. The summed E-state index contributed by atoms with van der Waals surface area (Å²) in [4.78, 5) is 12.0. The van der Waals surface area contributed by atoms with Gasteiger partial charge in [-0.2, -0.15) is 8.42 Å². The first-order valence-electron chi connectivity index (χ1n) is 6.58. The number of carbonyl (C=O) groups excluding carboxylic acids is 1. The summed E-state index contributed by atoms with van der Waals surface area (Å²) in [7, 11) is -2.22. The average Bonchev–Trinajstić information content (AvgIpc) is 2.32. The first-order chi connectivity index (χ1) is 9.82. The molecule has 1 fully saturated rings. The zero-order valence-electron chi connectivity index (χ0n) is 11.8. The molecule has 0 saturated heterocycles. The monoisotopic (exact) mass is 313 g/mol. The molecule has 0 aliphatic heterocycles. The third-order valence-electron chi connectivity index (χ3n) is 3.59. The average molecular weight is 313 g/mol. The van der Waals surface area contributed by atoms with Gasteiger partial charge in [-0.25, -0.2) is 5.14 Å². The van der Waals surface area contributed by atoms with Crippen molar-refractivity contribution in [2.75, 3.05) is 17.1 Å². The number of methoxy groups -OCH3 is 1. The van der Waals surface area contributed by atoms with E-state index in [-0.39, 0.29) is 17.9 Å². The summed E-state index contributed by atoms with van der Waals surface area (Å²) in [5, 5.41) is 7.63. The number of carbonyl (C=O) groups is 1. The van der Waals surface area contributed by atoms with Gasteiger partial charge in [-0.3, -0.25) is 9.52 Å². The zero-order chi connectivity index (χ0) is 15.5. The van der Waals surface area contributed by atoms with E-state index in [2.05, 4.69) is 10.0 Å². The van der Waals surface area contributed by atoms with Crippen molar-refractivity contribution in [2.24, 2.45) is 5.14 Å². The Bertz CT molecular complexity index is 621. The molecule has 1 amide bonds. The molecule has 0 heterocycles. The van der Waals surface area contributed by atoms with Gasteiger partial charge in [0.15, 0.2) is 0 Å². The first-order valence-corrected chi connectivity index (χ1v) is 8.12. The molecule has 1 aliphatic carbocycles. The number of hydrogen-bond acceptors (Lipinski definition) is 4. The SMILES string of the molecule is COC1(CC(=O)Nc2cccc(NS(N)(=O)=O)c2)CCC1. The van der Waals surface area contributed by atoms with Gasteiger partial charge in [0.05, 0.1) is 17.7 Å². The van der Waals surface area contributed by atoms with Crippen molar-refractivity contribution < 1.29 is 17.9 Å². The predicted octanol–water partition coefficient (Wildman–Crippen LogP) is 1.20. The van der Waals surface area contributed by atoms with E-state index in [1.807, 2.05) is 0 Å². The normalized spacial score (nSPS) is 16.9. The number of hydrogen-bond donors (Lipinski definition) is 3. The molecule has 8 heteroatoms. The highest BCUT2D eigenvalue weighted by atomic mass is 32.2. The van der Waals surface area contributed by atoms with Crippen molar-refractivity contribution in [3.63, 3.8) is 0 Å². The smallest absolute Gasteiger partial charge is 0.296 e. The van der Waals surface area contributed by atoms with Crippen LogP contribution < -0.4 is 15.2 Å². The van der Waals surface area contributed by atoms with Crippen LogP contribution >= 0.6 is 0 Å². The Kier molecular flexibility index (Phi) is 4.50. The maximum absolute atomic E-state index is 12.0. The van der Waals surface area contributed by atoms with Gasteiger partial charge in [0.2, 0.25) is 5.91 Å². The Balaban J connectivity index is 1.99. The molecule has 0 unspecified atom stereocenters. The molecule has 1 aromatic carbocycles. The van der Waals surface area contributed by atoms with Crippen LogP contribution in [0.15, 0.2) is 24.3 Å². The molecule has 0 radical (unpaired) electrons. The predicted molar refractivity (Wildman–Crippen MR) is 80.0 cm³/mol. The minimum absolute atomic E-state index is 0.163. The summed E-state index contributed by atoms with van der Waals surface area (Å²) in [6.07, 6.45) is 3.11. The maximum Gasteiger partial charge on any atom is 0.296 e. The number of nitrogens with two attached hydrogens (primary N) is 1. The van der Waals surface area contributed by atoms with Crippen LogP contribution in [0, 0.1) is 0 Å². The number of nitrogens with one attached hydrogen (secondary N) is 2. The lowest BCUT2D eigenvalue weighted by atomic mass is 9.77. The van der Waals surface area contributed by atoms with Crippen molar-refractivity contribution in [3.8, 4) is 0 Å². The van der Waals surface area contributed by atoms with Crippen molar-refractivity contribution in [1.82, 2.24) is 0 Å². The first kappa shape index (κ1) is 15.7. The van der Waals surface area contributed by atoms with E-state index in [0.29, 0.717) is 11.4 Å². The number of rotatable bonds is 6. The largest absolute Gasteiger partial charge is 0.378 e. The Hall–Kier alpha value is -1.64. The van der Waals surface area contributed by atoms with E-state index in [1.165, 1.54) is 6.07 Å². The van der Waals surface area contributed by atoms with Crippen LogP contribution in [0.1, 0.15) is 25.7 Å². The molecule has 0 atom stereocenters. The van der Waals surface area contributed by atoms with E-state index in [1.54, 1.807) is 25.3 Å². The summed E-state index contributed by atoms with van der Waals surface area (Å²) < 4.78 is 29.5. The van der Waals surface area contributed by atoms with E-state index >= 15 is 0 Å². The van der Waals surface area contributed by atoms with Crippen molar-refractivity contribution in [1.29, 1.82) is 0 Å². The van der Waals surface area contributed by atoms with E-state index in [9.17, 15) is 13.2 Å². The van der Waals surface area contributed by atoms with Crippen molar-refractivity contribution >= 4 is 27.5 Å². The molecule has 0 bridgehead atoms. The second-order valence-corrected chi connectivity index (χ2v) is 6.49. The van der Waals surface area contributed by atoms with Crippen LogP contribution in [-0.4, -0.2) is 27.0 Å². The number of anilines is 2. The Morgan fingerprint density at radius 2 is 2.05 bits per heavy atom. The van der Waals surface area contributed by atoms with Crippen LogP contribution in [0.5, 0.6) is 0 Å². The van der Waals surface area contributed by atoms with Gasteiger partial charge in [-0.15, -0.1) is 0 Å². The molecule has 1 aromatic rings. The quantitative estimate of drug-likeness (QED) is 0.732. The highest BCUT2D eigenvalue weighted by Crippen LogP contribution is 2.38. The molecule has 21 heavy (non-hydrogen) atoms. The molecule has 4 N–H and O–H groups in total. The summed E-state index contributed by atoms with van der Waals surface area (Å²) in [6.45, 7) is 0. The highest BCUT2D eigenvalue weighted by molar-refractivity contribution is 7.90. The van der Waals surface area contributed by atoms with E-state index in [4.69, 9.17) is 9.88 Å². The summed E-state index contributed by atoms with van der Waals surface area (Å²) >= 11 is 0. The molecule has 0 aromatic heterocycles. The Morgan fingerprint density at radius 3 is 2.57 bits per heavy atom. The minimum Gasteiger partial charge on any atom is -0.378 e. The van der Waals surface area contributed by atoms with Crippen molar-refractivity contribution in [3.05, 3.63) is 24.3 Å². The van der Waals surface area contributed by atoms with Crippen LogP contribution in [0.25, 0.3) is 0 Å². The highest BCUT2D eigenvalue weighted by Gasteiger charge is 2.38. The van der Waals surface area contributed by atoms with Gasteiger partial charge < -0.3 is 10.1 Å². The Labute approximate surface area is 124 Å². The summed E-state index contributed by atoms with van der Waals surface area (Å²) in [5.74, 6) is -0.163. The van der Waals surface area contributed by atoms with Gasteiger partial charge in [0, 0.05) is 12.8 Å². The molecule has 0 spiro atoms. The maximum atomic E-state index is 12.0. The second kappa shape index (κ2) is 6.00. The number of amides is 1. The standard InChI is InChI=1S/C13H19N3O4S/c1-20-13(6-3-7-13)9-12(17)15-10-4-2-5-11(8-10)16-21(14,18)19/h2,4-5,8,16H,3,6-7,9H2,1H3,(H,15,17)(H2,14,18,19). The van der Waals surface area contributed by atoms with Gasteiger partial charge >= 0.3 is 0 Å². The zero-order valence-corrected chi connectivity index (χ0v) is 12.6. The van der Waals surface area contributed by atoms with E-state index in [0.717, 1.165) is 19.3 Å². The lowest BCUT2D eigenvalue weighted by Crippen LogP contribution is -2.42. The molecule has 116 valence electrons. The summed E-state index contributed by atoms with van der Waals surface area (Å²) in [6, 6.07) is 6.34. The Morgan fingerprint density at radius 1 is 1.38 bits per heavy atom. The number of benzene rings is 1. The van der Waals surface area contributed by atoms with E-state index < -0.39 is 10.2 Å². The topological polar surface area (TPSA) is 111 Å². The molecule has 1 saturated carbocycles. The van der Waals surface area contributed by atoms with Gasteiger partial charge in [0.25, 0.3) is 10.2 Å². The molecule has 2 rings (SSSR count). The lowest BCUT2D eigenvalue weighted by Gasteiger charge is -2.39. The molecule has 7 nitrogen and oxygen atoms in total. The fraction of sp³-hybridized carbons (Fsp3) is 0.462. The van der Waals surface area contributed by atoms with Crippen LogP contribution in [0.2, 0.25) is 0 Å². The van der Waals surface area contributed by atoms with Gasteiger partial charge in [-0.1, -0.05) is 6.07 Å².